The molecule has 0 amide bonds. The van der Waals surface area contributed by atoms with Crippen molar-refractivity contribution in [3.8, 4) is 0 Å². The largest absolute Gasteiger partial charge is 0.481 e. The Morgan fingerprint density at radius 1 is 0.562 bits per heavy atom. The molecule has 1 unspecified atom stereocenters. The molecule has 0 fully saturated rings. The van der Waals surface area contributed by atoms with Gasteiger partial charge < -0.3 is 9.84 Å². The summed E-state index contributed by atoms with van der Waals surface area (Å²) in [5.41, 5.74) is 0. The lowest BCUT2D eigenvalue weighted by Gasteiger charge is -2.18. The Morgan fingerprint density at radius 3 is 1.34 bits per heavy atom. The Balaban J connectivity index is 4.04. The van der Waals surface area contributed by atoms with Gasteiger partial charge in [0, 0.05) is 12.8 Å². The van der Waals surface area contributed by atoms with Crippen molar-refractivity contribution >= 4 is 11.9 Å². The van der Waals surface area contributed by atoms with E-state index in [9.17, 15) is 9.59 Å². The third-order valence-corrected chi connectivity index (χ3v) is 6.33. The first kappa shape index (κ1) is 30.9. The van der Waals surface area contributed by atoms with Crippen LogP contribution in [0.25, 0.3) is 0 Å². The molecule has 0 heterocycles. The number of hydrogen-bond donors (Lipinski definition) is 1. The first-order chi connectivity index (χ1) is 15.6. The van der Waals surface area contributed by atoms with Gasteiger partial charge >= 0.3 is 11.9 Å². The molecule has 0 saturated carbocycles. The topological polar surface area (TPSA) is 63.6 Å². The fraction of sp³-hybridized carbons (Fsp3) is 0.929. The molecule has 32 heavy (non-hydrogen) atoms. The van der Waals surface area contributed by atoms with Gasteiger partial charge in [-0.25, -0.2) is 0 Å². The molecule has 0 aromatic rings. The minimum absolute atomic E-state index is 0.0478. The summed E-state index contributed by atoms with van der Waals surface area (Å²) in [7, 11) is 0. The lowest BCUT2D eigenvalue weighted by molar-refractivity contribution is -0.150. The number of carboxylic acid groups (broad SMARTS) is 1. The van der Waals surface area contributed by atoms with Crippen molar-refractivity contribution in [1.82, 2.24) is 0 Å². The number of hydrogen-bond acceptors (Lipinski definition) is 3. The van der Waals surface area contributed by atoms with Crippen molar-refractivity contribution in [1.29, 1.82) is 0 Å². The summed E-state index contributed by atoms with van der Waals surface area (Å²) >= 11 is 0. The molecule has 190 valence electrons. The Bertz CT molecular complexity index is 422. The zero-order chi connectivity index (χ0) is 23.7. The van der Waals surface area contributed by atoms with Gasteiger partial charge in [0.05, 0.1) is 0 Å². The molecule has 0 spiro atoms. The monoisotopic (exact) mass is 454 g/mol. The van der Waals surface area contributed by atoms with Gasteiger partial charge in [-0.05, 0) is 38.5 Å². The molecular formula is C28H54O4. The van der Waals surface area contributed by atoms with Crippen LogP contribution in [-0.4, -0.2) is 23.1 Å². The number of unbranched alkanes of at least 4 members (excludes halogenated alkanes) is 16. The highest BCUT2D eigenvalue weighted by Gasteiger charge is 2.14. The Morgan fingerprint density at radius 2 is 0.938 bits per heavy atom. The second kappa shape index (κ2) is 24.6. The van der Waals surface area contributed by atoms with Crippen LogP contribution in [0.3, 0.4) is 0 Å². The SMILES string of the molecule is CCCCCCCCCCCC(CCCCCCCCCC)OC(=O)CCCCC(=O)O. The van der Waals surface area contributed by atoms with Gasteiger partial charge in [-0.2, -0.15) is 0 Å². The minimum Gasteiger partial charge on any atom is -0.481 e. The molecule has 0 aliphatic heterocycles. The van der Waals surface area contributed by atoms with Gasteiger partial charge in [-0.1, -0.05) is 110 Å². The van der Waals surface area contributed by atoms with Gasteiger partial charge in [-0.3, -0.25) is 9.59 Å². The van der Waals surface area contributed by atoms with E-state index in [4.69, 9.17) is 9.84 Å². The number of esters is 1. The number of ether oxygens (including phenoxy) is 1. The molecule has 0 radical (unpaired) electrons. The molecular weight excluding hydrogens is 400 g/mol. The summed E-state index contributed by atoms with van der Waals surface area (Å²) in [6.07, 6.45) is 25.7. The summed E-state index contributed by atoms with van der Waals surface area (Å²) in [6.45, 7) is 4.51. The van der Waals surface area contributed by atoms with Gasteiger partial charge in [0.2, 0.25) is 0 Å². The fourth-order valence-electron chi connectivity index (χ4n) is 4.24. The Hall–Kier alpha value is -1.06. The van der Waals surface area contributed by atoms with E-state index in [0.717, 1.165) is 25.7 Å². The van der Waals surface area contributed by atoms with Gasteiger partial charge in [-0.15, -0.1) is 0 Å². The average molecular weight is 455 g/mol. The van der Waals surface area contributed by atoms with Crippen molar-refractivity contribution in [2.75, 3.05) is 0 Å². The van der Waals surface area contributed by atoms with E-state index >= 15 is 0 Å². The van der Waals surface area contributed by atoms with Crippen LogP contribution in [0.4, 0.5) is 0 Å². The number of rotatable bonds is 25. The van der Waals surface area contributed by atoms with E-state index in [1.807, 2.05) is 0 Å². The van der Waals surface area contributed by atoms with Crippen LogP contribution in [0.2, 0.25) is 0 Å². The van der Waals surface area contributed by atoms with Crippen LogP contribution in [0, 0.1) is 0 Å². The maximum Gasteiger partial charge on any atom is 0.306 e. The second-order valence-electron chi connectivity index (χ2n) is 9.59. The molecule has 0 rings (SSSR count). The van der Waals surface area contributed by atoms with Crippen LogP contribution in [0.15, 0.2) is 0 Å². The Labute approximate surface area is 199 Å². The smallest absolute Gasteiger partial charge is 0.306 e. The standard InChI is InChI=1S/C28H54O4/c1-3-5-7-9-11-13-15-17-19-23-26(22-18-16-14-12-10-8-6-4-2)32-28(31)25-21-20-24-27(29)30/h26H,3-25H2,1-2H3,(H,29,30). The van der Waals surface area contributed by atoms with Gasteiger partial charge in [0.25, 0.3) is 0 Å². The third-order valence-electron chi connectivity index (χ3n) is 6.33. The molecule has 0 saturated heterocycles. The highest BCUT2D eigenvalue weighted by atomic mass is 16.5. The number of aliphatic carboxylic acids is 1. The maximum atomic E-state index is 12.2. The first-order valence-electron chi connectivity index (χ1n) is 14.0. The summed E-state index contributed by atoms with van der Waals surface area (Å²) in [4.78, 5) is 22.8. The number of carbonyl (C=O) groups is 2. The molecule has 0 aromatic carbocycles. The minimum atomic E-state index is -0.795. The van der Waals surface area contributed by atoms with Crippen molar-refractivity contribution < 1.29 is 19.4 Å². The van der Waals surface area contributed by atoms with Crippen LogP contribution >= 0.6 is 0 Å². The summed E-state index contributed by atoms with van der Waals surface area (Å²) < 4.78 is 5.80. The van der Waals surface area contributed by atoms with E-state index in [1.165, 1.54) is 96.3 Å². The van der Waals surface area contributed by atoms with Crippen LogP contribution < -0.4 is 0 Å². The molecule has 0 aliphatic rings. The van der Waals surface area contributed by atoms with Gasteiger partial charge in [0.15, 0.2) is 0 Å². The summed E-state index contributed by atoms with van der Waals surface area (Å²) in [5.74, 6) is -0.938. The molecule has 1 N–H and O–H groups in total. The van der Waals surface area contributed by atoms with Crippen LogP contribution in [0.5, 0.6) is 0 Å². The zero-order valence-electron chi connectivity index (χ0n) is 21.5. The quantitative estimate of drug-likeness (QED) is 0.110. The number of carboxylic acids is 1. The van der Waals surface area contributed by atoms with Crippen molar-refractivity contribution in [3.05, 3.63) is 0 Å². The van der Waals surface area contributed by atoms with Gasteiger partial charge in [0.1, 0.15) is 6.10 Å². The summed E-state index contributed by atoms with van der Waals surface area (Å²) in [6, 6.07) is 0. The van der Waals surface area contributed by atoms with E-state index in [2.05, 4.69) is 13.8 Å². The summed E-state index contributed by atoms with van der Waals surface area (Å²) in [5, 5.41) is 8.72. The van der Waals surface area contributed by atoms with Crippen molar-refractivity contribution in [2.45, 2.75) is 168 Å². The van der Waals surface area contributed by atoms with E-state index in [-0.39, 0.29) is 18.5 Å². The molecule has 0 bridgehead atoms. The third kappa shape index (κ3) is 23.6. The predicted octanol–water partition coefficient (Wildman–Crippen LogP) is 8.99. The fourth-order valence-corrected chi connectivity index (χ4v) is 4.24. The van der Waals surface area contributed by atoms with E-state index in [0.29, 0.717) is 19.3 Å². The highest BCUT2D eigenvalue weighted by Crippen LogP contribution is 2.18. The second-order valence-corrected chi connectivity index (χ2v) is 9.59. The van der Waals surface area contributed by atoms with E-state index in [1.54, 1.807) is 0 Å². The molecule has 0 aliphatic carbocycles. The number of carbonyl (C=O) groups excluding carboxylic acids is 1. The van der Waals surface area contributed by atoms with Crippen LogP contribution in [-0.2, 0) is 14.3 Å². The predicted molar refractivity (Wildman–Crippen MR) is 135 cm³/mol. The van der Waals surface area contributed by atoms with Crippen molar-refractivity contribution in [2.24, 2.45) is 0 Å². The molecule has 4 heteroatoms. The molecule has 0 aromatic heterocycles. The zero-order valence-corrected chi connectivity index (χ0v) is 21.5. The first-order valence-corrected chi connectivity index (χ1v) is 14.0. The lowest BCUT2D eigenvalue weighted by atomic mass is 10.0. The van der Waals surface area contributed by atoms with Crippen molar-refractivity contribution in [3.63, 3.8) is 0 Å². The molecule has 1 atom stereocenters. The molecule has 4 nitrogen and oxygen atoms in total. The highest BCUT2D eigenvalue weighted by molar-refractivity contribution is 5.70. The average Bonchev–Trinajstić information content (AvgIpc) is 2.77. The van der Waals surface area contributed by atoms with E-state index < -0.39 is 5.97 Å². The van der Waals surface area contributed by atoms with Crippen LogP contribution in [0.1, 0.15) is 162 Å². The Kier molecular flexibility index (Phi) is 23.8. The normalized spacial score (nSPS) is 12.1. The maximum absolute atomic E-state index is 12.2. The lowest BCUT2D eigenvalue weighted by Crippen LogP contribution is -2.18.